The van der Waals surface area contributed by atoms with Crippen molar-refractivity contribution in [3.05, 3.63) is 56.4 Å². The first-order chi connectivity index (χ1) is 13.2. The molecule has 2 aromatic rings. The molecule has 8 nitrogen and oxygen atoms in total. The first-order valence-corrected chi connectivity index (χ1v) is 10.8. The maximum atomic E-state index is 12.8. The highest BCUT2D eigenvalue weighted by Crippen LogP contribution is 2.32. The van der Waals surface area contributed by atoms with Crippen molar-refractivity contribution in [3.8, 4) is 0 Å². The van der Waals surface area contributed by atoms with Crippen molar-refractivity contribution in [2.75, 3.05) is 24.5 Å². The summed E-state index contributed by atoms with van der Waals surface area (Å²) in [6, 6.07) is 6.66. The fourth-order valence-corrected chi connectivity index (χ4v) is 5.12. The van der Waals surface area contributed by atoms with Crippen molar-refractivity contribution in [2.24, 2.45) is 14.1 Å². The Labute approximate surface area is 164 Å². The van der Waals surface area contributed by atoms with E-state index in [0.29, 0.717) is 36.8 Å². The molecule has 1 aromatic heterocycles. The van der Waals surface area contributed by atoms with Crippen LogP contribution in [0.1, 0.15) is 25.1 Å². The molecule has 0 radical (unpaired) electrons. The van der Waals surface area contributed by atoms with Crippen LogP contribution in [0.5, 0.6) is 0 Å². The van der Waals surface area contributed by atoms with Crippen LogP contribution in [-0.4, -0.2) is 41.5 Å². The molecule has 0 bridgehead atoms. The molecule has 0 saturated heterocycles. The summed E-state index contributed by atoms with van der Waals surface area (Å²) in [5.41, 5.74) is 1.83. The maximum absolute atomic E-state index is 12.8. The fourth-order valence-electron chi connectivity index (χ4n) is 3.61. The summed E-state index contributed by atoms with van der Waals surface area (Å²) in [6.45, 7) is 5.62. The van der Waals surface area contributed by atoms with E-state index in [-0.39, 0.29) is 11.2 Å². The highest BCUT2D eigenvalue weighted by Gasteiger charge is 2.26. The Bertz CT molecular complexity index is 1110. The predicted octanol–water partition coefficient (Wildman–Crippen LogP) is 0.677. The van der Waals surface area contributed by atoms with Crippen molar-refractivity contribution in [3.63, 3.8) is 0 Å². The quantitative estimate of drug-likeness (QED) is 0.704. The number of nitrogens with zero attached hydrogens (tertiary/aromatic N) is 4. The Hall–Kier alpha value is -2.39. The summed E-state index contributed by atoms with van der Waals surface area (Å²) in [5, 5.41) is 0. The molecule has 0 saturated carbocycles. The minimum Gasteiger partial charge on any atom is -0.365 e. The van der Waals surface area contributed by atoms with Gasteiger partial charge in [0.1, 0.15) is 0 Å². The summed E-state index contributed by atoms with van der Waals surface area (Å²) < 4.78 is 29.5. The topological polar surface area (TPSA) is 84.6 Å². The van der Waals surface area contributed by atoms with E-state index in [1.165, 1.54) is 22.0 Å². The highest BCUT2D eigenvalue weighted by molar-refractivity contribution is 7.89. The molecule has 1 aliphatic heterocycles. The van der Waals surface area contributed by atoms with Crippen LogP contribution in [0.15, 0.2) is 38.8 Å². The van der Waals surface area contributed by atoms with Gasteiger partial charge in [0.05, 0.1) is 11.4 Å². The van der Waals surface area contributed by atoms with Crippen molar-refractivity contribution < 1.29 is 8.42 Å². The van der Waals surface area contributed by atoms with Gasteiger partial charge in [0.2, 0.25) is 10.0 Å². The molecule has 0 unspecified atom stereocenters. The zero-order valence-electron chi connectivity index (χ0n) is 16.7. The van der Waals surface area contributed by atoms with E-state index in [2.05, 4.69) is 4.90 Å². The largest absolute Gasteiger partial charge is 0.365 e. The first-order valence-electron chi connectivity index (χ1n) is 9.34. The van der Waals surface area contributed by atoms with Crippen LogP contribution >= 0.6 is 0 Å². The number of hydrogen-bond donors (Lipinski definition) is 0. The second kappa shape index (κ2) is 7.56. The minimum absolute atomic E-state index is 0.304. The zero-order chi connectivity index (χ0) is 20.6. The van der Waals surface area contributed by atoms with E-state index in [1.807, 2.05) is 19.9 Å². The van der Waals surface area contributed by atoms with Gasteiger partial charge >= 0.3 is 5.69 Å². The lowest BCUT2D eigenvalue weighted by Crippen LogP contribution is -2.39. The molecule has 1 aliphatic rings. The number of sulfonamides is 1. The van der Waals surface area contributed by atoms with Crippen LogP contribution in [0, 0.1) is 0 Å². The van der Waals surface area contributed by atoms with Crippen LogP contribution in [0.25, 0.3) is 0 Å². The minimum atomic E-state index is -3.50. The Morgan fingerprint density at radius 1 is 1.04 bits per heavy atom. The molecule has 152 valence electrons. The van der Waals surface area contributed by atoms with E-state index < -0.39 is 10.0 Å². The van der Waals surface area contributed by atoms with Crippen molar-refractivity contribution in [2.45, 2.75) is 31.7 Å². The van der Waals surface area contributed by atoms with E-state index in [9.17, 15) is 18.0 Å². The van der Waals surface area contributed by atoms with Gasteiger partial charge in [-0.1, -0.05) is 13.8 Å². The highest BCUT2D eigenvalue weighted by atomic mass is 32.2. The lowest BCUT2D eigenvalue weighted by Gasteiger charge is -2.22. The predicted molar refractivity (Wildman–Crippen MR) is 108 cm³/mol. The SMILES string of the molecule is CCN(CC)S(=O)(=O)c1ccc2c(c1)CCN2Cc1cc(=O)n(C)c(=O)n1C. The molecular formula is C19H26N4O4S. The standard InChI is InChI=1S/C19H26N4O4S/c1-5-23(6-2)28(26,27)16-7-8-17-14(11-16)9-10-22(17)13-15-12-18(24)21(4)19(25)20(15)3/h7-8,11-12H,5-6,9-10,13H2,1-4H3. The molecule has 0 N–H and O–H groups in total. The van der Waals surface area contributed by atoms with Gasteiger partial charge in [-0.25, -0.2) is 13.2 Å². The van der Waals surface area contributed by atoms with E-state index in [0.717, 1.165) is 22.2 Å². The molecule has 0 amide bonds. The third-order valence-electron chi connectivity index (χ3n) is 5.36. The fraction of sp³-hybridized carbons (Fsp3) is 0.474. The van der Waals surface area contributed by atoms with E-state index in [1.54, 1.807) is 19.2 Å². The van der Waals surface area contributed by atoms with Gasteiger partial charge < -0.3 is 4.90 Å². The molecule has 0 fully saturated rings. The van der Waals surface area contributed by atoms with Gasteiger partial charge in [0, 0.05) is 51.2 Å². The molecule has 0 spiro atoms. The third-order valence-corrected chi connectivity index (χ3v) is 7.41. The molecule has 0 aliphatic carbocycles. The Morgan fingerprint density at radius 2 is 1.71 bits per heavy atom. The Kier molecular flexibility index (Phi) is 5.49. The average molecular weight is 407 g/mol. The molecule has 9 heteroatoms. The van der Waals surface area contributed by atoms with Crippen LogP contribution in [-0.2, 0) is 37.1 Å². The van der Waals surface area contributed by atoms with Gasteiger partial charge in [-0.2, -0.15) is 4.31 Å². The third kappa shape index (κ3) is 3.40. The second-order valence-electron chi connectivity index (χ2n) is 6.93. The van der Waals surface area contributed by atoms with Crippen LogP contribution in [0.2, 0.25) is 0 Å². The number of aromatic nitrogens is 2. The molecule has 1 aromatic carbocycles. The smallest absolute Gasteiger partial charge is 0.330 e. The monoisotopic (exact) mass is 406 g/mol. The van der Waals surface area contributed by atoms with Crippen LogP contribution in [0.4, 0.5) is 5.69 Å². The summed E-state index contributed by atoms with van der Waals surface area (Å²) >= 11 is 0. The van der Waals surface area contributed by atoms with E-state index in [4.69, 9.17) is 0 Å². The van der Waals surface area contributed by atoms with Crippen LogP contribution in [0.3, 0.4) is 0 Å². The molecule has 0 atom stereocenters. The molecule has 3 rings (SSSR count). The lowest BCUT2D eigenvalue weighted by molar-refractivity contribution is 0.445. The van der Waals surface area contributed by atoms with Crippen molar-refractivity contribution >= 4 is 15.7 Å². The molecule has 28 heavy (non-hydrogen) atoms. The van der Waals surface area contributed by atoms with Gasteiger partial charge in [-0.05, 0) is 30.2 Å². The summed E-state index contributed by atoms with van der Waals surface area (Å²) in [4.78, 5) is 26.5. The Morgan fingerprint density at radius 3 is 2.36 bits per heavy atom. The zero-order valence-corrected chi connectivity index (χ0v) is 17.5. The Balaban J connectivity index is 1.93. The average Bonchev–Trinajstić information content (AvgIpc) is 3.07. The van der Waals surface area contributed by atoms with Gasteiger partial charge in [0.25, 0.3) is 5.56 Å². The van der Waals surface area contributed by atoms with Crippen molar-refractivity contribution in [1.82, 2.24) is 13.4 Å². The van der Waals surface area contributed by atoms with Gasteiger partial charge in [-0.3, -0.25) is 13.9 Å². The number of rotatable bonds is 6. The second-order valence-corrected chi connectivity index (χ2v) is 8.86. The maximum Gasteiger partial charge on any atom is 0.330 e. The van der Waals surface area contributed by atoms with E-state index >= 15 is 0 Å². The normalized spacial score (nSPS) is 14.0. The molecular weight excluding hydrogens is 380 g/mol. The first kappa shape index (κ1) is 20.3. The van der Waals surface area contributed by atoms with Gasteiger partial charge in [-0.15, -0.1) is 0 Å². The summed E-state index contributed by atoms with van der Waals surface area (Å²) in [6.07, 6.45) is 0.718. The number of anilines is 1. The summed E-state index contributed by atoms with van der Waals surface area (Å²) in [5.74, 6) is 0. The molecule has 2 heterocycles. The van der Waals surface area contributed by atoms with Crippen LogP contribution < -0.4 is 16.1 Å². The number of hydrogen-bond acceptors (Lipinski definition) is 5. The number of benzene rings is 1. The lowest BCUT2D eigenvalue weighted by atomic mass is 10.2. The number of fused-ring (bicyclic) bond motifs is 1. The summed E-state index contributed by atoms with van der Waals surface area (Å²) in [7, 11) is -0.394. The van der Waals surface area contributed by atoms with Gasteiger partial charge in [0.15, 0.2) is 0 Å². The van der Waals surface area contributed by atoms with Crippen molar-refractivity contribution in [1.29, 1.82) is 0 Å².